The van der Waals surface area contributed by atoms with Crippen molar-refractivity contribution in [2.45, 2.75) is 31.7 Å². The minimum absolute atomic E-state index is 0.421. The van der Waals surface area contributed by atoms with E-state index in [9.17, 15) is 0 Å². The first-order valence-electron chi connectivity index (χ1n) is 5.67. The van der Waals surface area contributed by atoms with Crippen LogP contribution in [0.3, 0.4) is 0 Å². The second-order valence-electron chi connectivity index (χ2n) is 4.46. The lowest BCUT2D eigenvalue weighted by atomic mass is 9.97. The highest BCUT2D eigenvalue weighted by atomic mass is 16.5. The van der Waals surface area contributed by atoms with Crippen LogP contribution < -0.4 is 10.5 Å². The summed E-state index contributed by atoms with van der Waals surface area (Å²) in [6.45, 7) is 0. The van der Waals surface area contributed by atoms with Crippen LogP contribution in [0.2, 0.25) is 0 Å². The molecule has 0 bridgehead atoms. The Labute approximate surface area is 91.4 Å². The van der Waals surface area contributed by atoms with Crippen molar-refractivity contribution in [3.63, 3.8) is 0 Å². The van der Waals surface area contributed by atoms with E-state index >= 15 is 0 Å². The minimum Gasteiger partial charge on any atom is -0.496 e. The van der Waals surface area contributed by atoms with E-state index in [1.807, 2.05) is 12.1 Å². The molecule has 1 fully saturated rings. The molecule has 15 heavy (non-hydrogen) atoms. The van der Waals surface area contributed by atoms with Crippen molar-refractivity contribution < 1.29 is 4.74 Å². The predicted molar refractivity (Wildman–Crippen MR) is 62.0 cm³/mol. The van der Waals surface area contributed by atoms with E-state index in [2.05, 4.69) is 12.1 Å². The summed E-state index contributed by atoms with van der Waals surface area (Å²) in [5.74, 6) is 1.76. The third kappa shape index (κ3) is 2.51. The van der Waals surface area contributed by atoms with Crippen LogP contribution in [0, 0.1) is 5.92 Å². The number of methoxy groups -OCH3 is 1. The topological polar surface area (TPSA) is 35.2 Å². The van der Waals surface area contributed by atoms with Crippen LogP contribution in [-0.4, -0.2) is 13.2 Å². The molecule has 1 saturated carbocycles. The molecule has 0 aliphatic heterocycles. The molecule has 82 valence electrons. The maximum atomic E-state index is 5.92. The van der Waals surface area contributed by atoms with Crippen LogP contribution in [0.1, 0.15) is 24.8 Å². The van der Waals surface area contributed by atoms with E-state index < -0.39 is 0 Å². The lowest BCUT2D eigenvalue weighted by molar-refractivity contribution is 0.404. The third-order valence-electron chi connectivity index (χ3n) is 3.28. The molecule has 2 N–H and O–H groups in total. The molecule has 0 amide bonds. The van der Waals surface area contributed by atoms with Gasteiger partial charge in [-0.15, -0.1) is 0 Å². The fourth-order valence-corrected chi connectivity index (χ4v) is 2.48. The Hall–Kier alpha value is -1.02. The van der Waals surface area contributed by atoms with Gasteiger partial charge in [-0.25, -0.2) is 0 Å². The fraction of sp³-hybridized carbons (Fsp3) is 0.538. The molecule has 0 radical (unpaired) electrons. The Bertz CT molecular complexity index is 324. The molecule has 0 aromatic heterocycles. The highest BCUT2D eigenvalue weighted by molar-refractivity contribution is 5.33. The van der Waals surface area contributed by atoms with Gasteiger partial charge in [-0.05, 0) is 43.2 Å². The largest absolute Gasteiger partial charge is 0.496 e. The Balaban J connectivity index is 2.04. The van der Waals surface area contributed by atoms with Gasteiger partial charge in [0.15, 0.2) is 0 Å². The van der Waals surface area contributed by atoms with Crippen LogP contribution in [0.15, 0.2) is 24.3 Å². The summed E-state index contributed by atoms with van der Waals surface area (Å²) < 4.78 is 5.35. The van der Waals surface area contributed by atoms with Crippen molar-refractivity contribution in [3.05, 3.63) is 29.8 Å². The average molecular weight is 205 g/mol. The zero-order valence-electron chi connectivity index (χ0n) is 9.28. The van der Waals surface area contributed by atoms with Crippen molar-refractivity contribution in [1.82, 2.24) is 0 Å². The molecule has 0 heterocycles. The standard InChI is InChI=1S/C13H19NO/c1-15-13-5-3-2-4-11(13)8-10-6-7-12(14)9-10/h2-5,10,12H,6-9,14H2,1H3/t10-,12-/m1/s1. The number of para-hydroxylation sites is 1. The van der Waals surface area contributed by atoms with Gasteiger partial charge in [0, 0.05) is 6.04 Å². The number of benzene rings is 1. The molecule has 1 aromatic rings. The van der Waals surface area contributed by atoms with Gasteiger partial charge in [-0.3, -0.25) is 0 Å². The molecule has 2 nitrogen and oxygen atoms in total. The first-order chi connectivity index (χ1) is 7.29. The van der Waals surface area contributed by atoms with Crippen LogP contribution in [0.25, 0.3) is 0 Å². The fourth-order valence-electron chi connectivity index (χ4n) is 2.48. The maximum Gasteiger partial charge on any atom is 0.122 e. The Morgan fingerprint density at radius 1 is 1.33 bits per heavy atom. The maximum absolute atomic E-state index is 5.92. The zero-order valence-corrected chi connectivity index (χ0v) is 9.28. The summed E-state index contributed by atoms with van der Waals surface area (Å²) in [5.41, 5.74) is 7.24. The van der Waals surface area contributed by atoms with Crippen LogP contribution in [0.4, 0.5) is 0 Å². The van der Waals surface area contributed by atoms with E-state index in [1.165, 1.54) is 18.4 Å². The second kappa shape index (κ2) is 4.67. The predicted octanol–water partition coefficient (Wildman–Crippen LogP) is 2.37. The molecule has 1 aromatic carbocycles. The van der Waals surface area contributed by atoms with E-state index in [1.54, 1.807) is 7.11 Å². The van der Waals surface area contributed by atoms with Gasteiger partial charge in [0.2, 0.25) is 0 Å². The number of hydrogen-bond donors (Lipinski definition) is 1. The highest BCUT2D eigenvalue weighted by Crippen LogP contribution is 2.30. The Morgan fingerprint density at radius 2 is 2.13 bits per heavy atom. The smallest absolute Gasteiger partial charge is 0.122 e. The van der Waals surface area contributed by atoms with Gasteiger partial charge < -0.3 is 10.5 Å². The molecule has 2 atom stereocenters. The van der Waals surface area contributed by atoms with Crippen LogP contribution in [0.5, 0.6) is 5.75 Å². The molecule has 0 spiro atoms. The van der Waals surface area contributed by atoms with Gasteiger partial charge in [0.05, 0.1) is 7.11 Å². The number of rotatable bonds is 3. The SMILES string of the molecule is COc1ccccc1C[C@H]1CC[C@@H](N)C1. The first-order valence-corrected chi connectivity index (χ1v) is 5.67. The quantitative estimate of drug-likeness (QED) is 0.822. The summed E-state index contributed by atoms with van der Waals surface area (Å²) in [6.07, 6.45) is 4.72. The molecule has 2 heteroatoms. The molecule has 2 rings (SSSR count). The highest BCUT2D eigenvalue weighted by Gasteiger charge is 2.22. The van der Waals surface area contributed by atoms with Crippen molar-refractivity contribution in [1.29, 1.82) is 0 Å². The normalized spacial score (nSPS) is 25.5. The summed E-state index contributed by atoms with van der Waals surface area (Å²) in [5, 5.41) is 0. The van der Waals surface area contributed by atoms with Crippen molar-refractivity contribution in [2.75, 3.05) is 7.11 Å². The number of ether oxygens (including phenoxy) is 1. The summed E-state index contributed by atoms with van der Waals surface area (Å²) in [4.78, 5) is 0. The number of nitrogens with two attached hydrogens (primary N) is 1. The average Bonchev–Trinajstić information content (AvgIpc) is 2.65. The van der Waals surface area contributed by atoms with E-state index in [0.717, 1.165) is 24.5 Å². The third-order valence-corrected chi connectivity index (χ3v) is 3.28. The summed E-state index contributed by atoms with van der Waals surface area (Å²) >= 11 is 0. The summed E-state index contributed by atoms with van der Waals surface area (Å²) in [7, 11) is 1.74. The summed E-state index contributed by atoms with van der Waals surface area (Å²) in [6, 6.07) is 8.70. The van der Waals surface area contributed by atoms with Crippen molar-refractivity contribution in [3.8, 4) is 5.75 Å². The van der Waals surface area contributed by atoms with Gasteiger partial charge in [-0.1, -0.05) is 18.2 Å². The molecular weight excluding hydrogens is 186 g/mol. The minimum atomic E-state index is 0.421. The van der Waals surface area contributed by atoms with Gasteiger partial charge in [0.25, 0.3) is 0 Å². The lowest BCUT2D eigenvalue weighted by Gasteiger charge is -2.12. The molecule has 0 saturated heterocycles. The number of hydrogen-bond acceptors (Lipinski definition) is 2. The van der Waals surface area contributed by atoms with Gasteiger partial charge >= 0.3 is 0 Å². The monoisotopic (exact) mass is 205 g/mol. The Kier molecular flexibility index (Phi) is 3.27. The molecule has 0 unspecified atom stereocenters. The molecule has 1 aliphatic rings. The van der Waals surface area contributed by atoms with Crippen LogP contribution in [-0.2, 0) is 6.42 Å². The van der Waals surface area contributed by atoms with Gasteiger partial charge in [0.1, 0.15) is 5.75 Å². The Morgan fingerprint density at radius 3 is 2.80 bits per heavy atom. The van der Waals surface area contributed by atoms with E-state index in [0.29, 0.717) is 6.04 Å². The molecular formula is C13H19NO. The van der Waals surface area contributed by atoms with Crippen molar-refractivity contribution >= 4 is 0 Å². The lowest BCUT2D eigenvalue weighted by Crippen LogP contribution is -2.15. The van der Waals surface area contributed by atoms with Crippen molar-refractivity contribution in [2.24, 2.45) is 11.7 Å². The molecule has 1 aliphatic carbocycles. The van der Waals surface area contributed by atoms with Gasteiger partial charge in [-0.2, -0.15) is 0 Å². The van der Waals surface area contributed by atoms with Crippen LogP contribution >= 0.6 is 0 Å². The van der Waals surface area contributed by atoms with E-state index in [4.69, 9.17) is 10.5 Å². The first kappa shape index (κ1) is 10.5. The zero-order chi connectivity index (χ0) is 10.7. The van der Waals surface area contributed by atoms with E-state index in [-0.39, 0.29) is 0 Å². The second-order valence-corrected chi connectivity index (χ2v) is 4.46.